The van der Waals surface area contributed by atoms with Gasteiger partial charge in [0.2, 0.25) is 5.91 Å². The average Bonchev–Trinajstić information content (AvgIpc) is 2.44. The molecule has 120 valence electrons. The molecule has 1 saturated heterocycles. The van der Waals surface area contributed by atoms with E-state index in [-0.39, 0.29) is 36.0 Å². The van der Waals surface area contributed by atoms with Gasteiger partial charge in [0.25, 0.3) is 0 Å². The maximum absolute atomic E-state index is 12.0. The number of piperidine rings is 1. The van der Waals surface area contributed by atoms with Crippen molar-refractivity contribution in [1.29, 1.82) is 0 Å². The average molecular weight is 298 g/mol. The van der Waals surface area contributed by atoms with Crippen LogP contribution >= 0.6 is 0 Å². The van der Waals surface area contributed by atoms with Gasteiger partial charge in [0.05, 0.1) is 25.6 Å². The Balaban J connectivity index is 2.40. The van der Waals surface area contributed by atoms with Gasteiger partial charge in [-0.3, -0.25) is 19.3 Å². The molecule has 1 heterocycles. The highest BCUT2D eigenvalue weighted by atomic mass is 16.5. The zero-order valence-corrected chi connectivity index (χ0v) is 13.3. The minimum Gasteiger partial charge on any atom is -0.469 e. The fourth-order valence-corrected chi connectivity index (χ4v) is 2.65. The van der Waals surface area contributed by atoms with Gasteiger partial charge >= 0.3 is 5.97 Å². The summed E-state index contributed by atoms with van der Waals surface area (Å²) in [4.78, 5) is 36.9. The zero-order chi connectivity index (χ0) is 16.0. The lowest BCUT2D eigenvalue weighted by Crippen LogP contribution is -2.49. The van der Waals surface area contributed by atoms with Crippen molar-refractivity contribution in [2.45, 2.75) is 39.7 Å². The van der Waals surface area contributed by atoms with Gasteiger partial charge in [-0.25, -0.2) is 0 Å². The van der Waals surface area contributed by atoms with E-state index in [1.54, 1.807) is 0 Å². The van der Waals surface area contributed by atoms with Crippen molar-refractivity contribution < 1.29 is 19.1 Å². The first-order chi connectivity index (χ1) is 9.85. The van der Waals surface area contributed by atoms with Crippen LogP contribution in [0.2, 0.25) is 0 Å². The molecule has 1 amide bonds. The summed E-state index contributed by atoms with van der Waals surface area (Å²) in [5, 5.41) is 2.79. The number of ether oxygens (including phenoxy) is 1. The van der Waals surface area contributed by atoms with Crippen LogP contribution in [0.5, 0.6) is 0 Å². The molecular formula is C15H26N2O4. The van der Waals surface area contributed by atoms with Crippen molar-refractivity contribution in [2.75, 3.05) is 26.7 Å². The number of rotatable bonds is 6. The summed E-state index contributed by atoms with van der Waals surface area (Å²) in [5.41, 5.74) is 0. The molecule has 0 bridgehead atoms. The molecule has 0 saturated carbocycles. The fourth-order valence-electron chi connectivity index (χ4n) is 2.65. The number of methoxy groups -OCH3 is 1. The van der Waals surface area contributed by atoms with Gasteiger partial charge in [0.15, 0.2) is 5.78 Å². The van der Waals surface area contributed by atoms with Crippen LogP contribution in [0.3, 0.4) is 0 Å². The number of carbonyl (C=O) groups excluding carboxylic acids is 3. The van der Waals surface area contributed by atoms with Gasteiger partial charge in [-0.1, -0.05) is 13.8 Å². The van der Waals surface area contributed by atoms with E-state index in [0.29, 0.717) is 25.9 Å². The number of esters is 1. The van der Waals surface area contributed by atoms with Crippen molar-refractivity contribution in [3.8, 4) is 0 Å². The summed E-state index contributed by atoms with van der Waals surface area (Å²) in [5.74, 6) is -0.315. The minimum absolute atomic E-state index is 0.0252. The summed E-state index contributed by atoms with van der Waals surface area (Å²) in [7, 11) is 1.40. The van der Waals surface area contributed by atoms with Gasteiger partial charge in [-0.15, -0.1) is 0 Å². The Hall–Kier alpha value is -1.43. The predicted octanol–water partition coefficient (Wildman–Crippen LogP) is 0.601. The zero-order valence-electron chi connectivity index (χ0n) is 13.3. The number of amides is 1. The number of ketones is 1. The lowest BCUT2D eigenvalue weighted by molar-refractivity contribution is -0.147. The molecule has 0 spiro atoms. The molecule has 1 rings (SSSR count). The lowest BCUT2D eigenvalue weighted by Gasteiger charge is -2.30. The van der Waals surface area contributed by atoms with Gasteiger partial charge in [-0.2, -0.15) is 0 Å². The maximum Gasteiger partial charge on any atom is 0.308 e. The quantitative estimate of drug-likeness (QED) is 0.727. The van der Waals surface area contributed by atoms with Crippen molar-refractivity contribution in [1.82, 2.24) is 10.2 Å². The van der Waals surface area contributed by atoms with E-state index >= 15 is 0 Å². The number of Topliss-reactive ketones (excluding diaryl/α,β-unsaturated/α-hetero) is 1. The van der Waals surface area contributed by atoms with Crippen molar-refractivity contribution in [2.24, 2.45) is 11.8 Å². The summed E-state index contributed by atoms with van der Waals surface area (Å²) in [6, 6.07) is -0.426. The van der Waals surface area contributed by atoms with E-state index in [9.17, 15) is 14.4 Å². The summed E-state index contributed by atoms with van der Waals surface area (Å²) in [6.07, 6.45) is 1.42. The molecule has 1 atom stereocenters. The van der Waals surface area contributed by atoms with Crippen LogP contribution in [0.4, 0.5) is 0 Å². The van der Waals surface area contributed by atoms with E-state index in [1.807, 2.05) is 18.7 Å². The second-order valence-electron chi connectivity index (χ2n) is 5.97. The first kappa shape index (κ1) is 17.6. The van der Waals surface area contributed by atoms with Crippen molar-refractivity contribution in [3.63, 3.8) is 0 Å². The molecule has 0 aromatic carbocycles. The van der Waals surface area contributed by atoms with Gasteiger partial charge < -0.3 is 10.1 Å². The van der Waals surface area contributed by atoms with Crippen LogP contribution in [0, 0.1) is 11.8 Å². The molecule has 0 aromatic heterocycles. The van der Waals surface area contributed by atoms with E-state index in [4.69, 9.17) is 4.74 Å². The molecule has 0 aliphatic carbocycles. The largest absolute Gasteiger partial charge is 0.469 e. The second kappa shape index (κ2) is 8.12. The molecule has 1 aliphatic rings. The highest BCUT2D eigenvalue weighted by Crippen LogP contribution is 2.18. The SMILES string of the molecule is COC(=O)C1CCN(CC(=O)NC(C(C)=O)C(C)C)CC1. The Labute approximate surface area is 126 Å². The monoisotopic (exact) mass is 298 g/mol. The van der Waals surface area contributed by atoms with Gasteiger partial charge in [-0.05, 0) is 38.8 Å². The molecule has 21 heavy (non-hydrogen) atoms. The maximum atomic E-state index is 12.0. The number of likely N-dealkylation sites (tertiary alicyclic amines) is 1. The van der Waals surface area contributed by atoms with Crippen LogP contribution in [0.1, 0.15) is 33.6 Å². The highest BCUT2D eigenvalue weighted by molar-refractivity contribution is 5.88. The molecule has 6 heteroatoms. The third kappa shape index (κ3) is 5.46. The van der Waals surface area contributed by atoms with Gasteiger partial charge in [0.1, 0.15) is 0 Å². The molecule has 1 unspecified atom stereocenters. The number of carbonyl (C=O) groups is 3. The Morgan fingerprint density at radius 2 is 1.81 bits per heavy atom. The Morgan fingerprint density at radius 1 is 1.24 bits per heavy atom. The first-order valence-corrected chi connectivity index (χ1v) is 7.45. The fraction of sp³-hybridized carbons (Fsp3) is 0.800. The number of hydrogen-bond donors (Lipinski definition) is 1. The molecule has 0 radical (unpaired) electrons. The molecule has 6 nitrogen and oxygen atoms in total. The third-order valence-corrected chi connectivity index (χ3v) is 3.91. The van der Waals surface area contributed by atoms with Crippen molar-refractivity contribution in [3.05, 3.63) is 0 Å². The topological polar surface area (TPSA) is 75.7 Å². The van der Waals surface area contributed by atoms with E-state index in [1.165, 1.54) is 14.0 Å². The summed E-state index contributed by atoms with van der Waals surface area (Å²) in [6.45, 7) is 6.97. The second-order valence-corrected chi connectivity index (χ2v) is 5.97. The summed E-state index contributed by atoms with van der Waals surface area (Å²) < 4.78 is 4.74. The Morgan fingerprint density at radius 3 is 2.24 bits per heavy atom. The number of nitrogens with one attached hydrogen (secondary N) is 1. The normalized spacial score (nSPS) is 18.3. The van der Waals surface area contributed by atoms with Crippen molar-refractivity contribution >= 4 is 17.7 Å². The van der Waals surface area contributed by atoms with E-state index in [2.05, 4.69) is 5.32 Å². The Bertz CT molecular complexity index is 387. The number of nitrogens with zero attached hydrogens (tertiary/aromatic N) is 1. The minimum atomic E-state index is -0.426. The molecule has 1 aliphatic heterocycles. The van der Waals surface area contributed by atoms with Gasteiger partial charge in [0, 0.05) is 0 Å². The summed E-state index contributed by atoms with van der Waals surface area (Å²) >= 11 is 0. The van der Waals surface area contributed by atoms with Crippen LogP contribution in [-0.4, -0.2) is 55.3 Å². The third-order valence-electron chi connectivity index (χ3n) is 3.91. The lowest BCUT2D eigenvalue weighted by atomic mass is 9.97. The van der Waals surface area contributed by atoms with E-state index in [0.717, 1.165) is 0 Å². The smallest absolute Gasteiger partial charge is 0.308 e. The number of hydrogen-bond acceptors (Lipinski definition) is 5. The molecule has 1 N–H and O–H groups in total. The predicted molar refractivity (Wildman–Crippen MR) is 78.6 cm³/mol. The van der Waals surface area contributed by atoms with Crippen LogP contribution in [0.15, 0.2) is 0 Å². The Kier molecular flexibility index (Phi) is 6.81. The van der Waals surface area contributed by atoms with Crippen LogP contribution in [-0.2, 0) is 19.1 Å². The highest BCUT2D eigenvalue weighted by Gasteiger charge is 2.27. The van der Waals surface area contributed by atoms with E-state index < -0.39 is 6.04 Å². The van der Waals surface area contributed by atoms with Crippen LogP contribution < -0.4 is 5.32 Å². The standard InChI is InChI=1S/C15H26N2O4/c1-10(2)14(11(3)18)16-13(19)9-17-7-5-12(6-8-17)15(20)21-4/h10,12,14H,5-9H2,1-4H3,(H,16,19). The first-order valence-electron chi connectivity index (χ1n) is 7.45. The molecular weight excluding hydrogens is 272 g/mol. The van der Waals surface area contributed by atoms with Crippen LogP contribution in [0.25, 0.3) is 0 Å². The molecule has 1 fully saturated rings. The molecule has 0 aromatic rings.